The van der Waals surface area contributed by atoms with E-state index in [1.807, 2.05) is 6.92 Å². The van der Waals surface area contributed by atoms with E-state index >= 15 is 0 Å². The topological polar surface area (TPSA) is 66.8 Å². The minimum Gasteiger partial charge on any atom is -0.465 e. The van der Waals surface area contributed by atoms with E-state index in [9.17, 15) is 15.0 Å². The summed E-state index contributed by atoms with van der Waals surface area (Å²) in [4.78, 5) is 11.3. The van der Waals surface area contributed by atoms with Gasteiger partial charge in [0.15, 0.2) is 0 Å². The number of ether oxygens (including phenoxy) is 1. The molecule has 4 heteroatoms. The quantitative estimate of drug-likeness (QED) is 0.502. The second kappa shape index (κ2) is 2.96. The SMILES string of the molecule is C[C@H]1COC(=O)[C@@H]2[C@@H](O)[C@@H](O)C[C@@H]21. The van der Waals surface area contributed by atoms with Gasteiger partial charge in [-0.1, -0.05) is 6.92 Å². The van der Waals surface area contributed by atoms with Gasteiger partial charge in [0.25, 0.3) is 0 Å². The van der Waals surface area contributed by atoms with Crippen LogP contribution in [-0.4, -0.2) is 35.0 Å². The van der Waals surface area contributed by atoms with Gasteiger partial charge in [-0.3, -0.25) is 4.79 Å². The van der Waals surface area contributed by atoms with Crippen LogP contribution in [0.4, 0.5) is 0 Å². The maximum Gasteiger partial charge on any atom is 0.311 e. The Bertz CT molecular complexity index is 228. The van der Waals surface area contributed by atoms with Gasteiger partial charge in [-0.2, -0.15) is 0 Å². The Morgan fingerprint density at radius 1 is 1.46 bits per heavy atom. The molecule has 2 fully saturated rings. The number of rotatable bonds is 0. The Morgan fingerprint density at radius 3 is 2.77 bits per heavy atom. The van der Waals surface area contributed by atoms with Gasteiger partial charge in [-0.05, 0) is 18.3 Å². The summed E-state index contributed by atoms with van der Waals surface area (Å²) in [7, 11) is 0. The molecule has 2 N–H and O–H groups in total. The lowest BCUT2D eigenvalue weighted by atomic mass is 9.83. The molecular weight excluding hydrogens is 172 g/mol. The number of esters is 1. The summed E-state index contributed by atoms with van der Waals surface area (Å²) in [6.07, 6.45) is -1.18. The van der Waals surface area contributed by atoms with Gasteiger partial charge >= 0.3 is 5.97 Å². The van der Waals surface area contributed by atoms with Crippen LogP contribution in [-0.2, 0) is 9.53 Å². The number of aliphatic hydroxyl groups is 2. The molecule has 1 saturated carbocycles. The predicted molar refractivity (Wildman–Crippen MR) is 43.7 cm³/mol. The zero-order chi connectivity index (χ0) is 9.59. The molecule has 0 aromatic heterocycles. The van der Waals surface area contributed by atoms with Gasteiger partial charge in [0.1, 0.15) is 0 Å². The van der Waals surface area contributed by atoms with Crippen molar-refractivity contribution in [3.05, 3.63) is 0 Å². The third-order valence-electron chi connectivity index (χ3n) is 3.23. The first-order valence-electron chi connectivity index (χ1n) is 4.64. The monoisotopic (exact) mass is 186 g/mol. The van der Waals surface area contributed by atoms with Gasteiger partial charge in [0.2, 0.25) is 0 Å². The second-order valence-corrected chi connectivity index (χ2v) is 4.09. The molecule has 4 nitrogen and oxygen atoms in total. The summed E-state index contributed by atoms with van der Waals surface area (Å²) in [5.74, 6) is -0.522. The highest BCUT2D eigenvalue weighted by Gasteiger charge is 2.51. The summed E-state index contributed by atoms with van der Waals surface area (Å²) in [6, 6.07) is 0. The first-order valence-corrected chi connectivity index (χ1v) is 4.64. The molecule has 1 heterocycles. The number of aliphatic hydroxyl groups excluding tert-OH is 2. The van der Waals surface area contributed by atoms with Crippen molar-refractivity contribution < 1.29 is 19.7 Å². The third kappa shape index (κ3) is 1.25. The van der Waals surface area contributed by atoms with Crippen molar-refractivity contribution in [3.8, 4) is 0 Å². The van der Waals surface area contributed by atoms with Crippen LogP contribution >= 0.6 is 0 Å². The van der Waals surface area contributed by atoms with E-state index in [0.717, 1.165) is 0 Å². The maximum absolute atomic E-state index is 11.3. The van der Waals surface area contributed by atoms with E-state index in [4.69, 9.17) is 4.74 Å². The van der Waals surface area contributed by atoms with Crippen molar-refractivity contribution in [2.24, 2.45) is 17.8 Å². The molecule has 2 aliphatic rings. The average molecular weight is 186 g/mol. The molecule has 1 aliphatic heterocycles. The summed E-state index contributed by atoms with van der Waals surface area (Å²) in [6.45, 7) is 2.40. The number of carbonyl (C=O) groups is 1. The zero-order valence-electron chi connectivity index (χ0n) is 7.51. The van der Waals surface area contributed by atoms with Crippen LogP contribution in [0.15, 0.2) is 0 Å². The van der Waals surface area contributed by atoms with Crippen molar-refractivity contribution in [2.75, 3.05) is 6.61 Å². The van der Waals surface area contributed by atoms with Crippen LogP contribution < -0.4 is 0 Å². The van der Waals surface area contributed by atoms with Crippen LogP contribution in [0.1, 0.15) is 13.3 Å². The number of carbonyl (C=O) groups excluding carboxylic acids is 1. The summed E-state index contributed by atoms with van der Waals surface area (Å²) >= 11 is 0. The standard InChI is InChI=1S/C9H14O4/c1-4-3-13-9(12)7-5(4)2-6(10)8(7)11/h4-8,10-11H,2-3H2,1H3/t4-,5+,6-,7-,8-/m0/s1. The highest BCUT2D eigenvalue weighted by Crippen LogP contribution is 2.41. The first-order chi connectivity index (χ1) is 6.11. The van der Waals surface area contributed by atoms with Crippen LogP contribution in [0.2, 0.25) is 0 Å². The Hall–Kier alpha value is -0.610. The van der Waals surface area contributed by atoms with Gasteiger partial charge in [-0.15, -0.1) is 0 Å². The molecule has 1 saturated heterocycles. The lowest BCUT2D eigenvalue weighted by Gasteiger charge is -2.30. The molecule has 1 aliphatic carbocycles. The zero-order valence-corrected chi connectivity index (χ0v) is 7.51. The van der Waals surface area contributed by atoms with Gasteiger partial charge in [0, 0.05) is 0 Å². The van der Waals surface area contributed by atoms with Crippen LogP contribution in [0, 0.1) is 17.8 Å². The molecule has 0 amide bonds. The molecule has 13 heavy (non-hydrogen) atoms. The summed E-state index contributed by atoms with van der Waals surface area (Å²) in [5.41, 5.74) is 0. The number of hydrogen-bond acceptors (Lipinski definition) is 4. The van der Waals surface area contributed by atoms with Gasteiger partial charge in [-0.25, -0.2) is 0 Å². The summed E-state index contributed by atoms with van der Waals surface area (Å²) in [5, 5.41) is 18.9. The normalized spacial score (nSPS) is 50.1. The molecule has 0 unspecified atom stereocenters. The van der Waals surface area contributed by atoms with Crippen molar-refractivity contribution in [1.29, 1.82) is 0 Å². The van der Waals surface area contributed by atoms with Crippen molar-refractivity contribution in [3.63, 3.8) is 0 Å². The highest BCUT2D eigenvalue weighted by molar-refractivity contribution is 5.75. The molecule has 0 spiro atoms. The van der Waals surface area contributed by atoms with Crippen molar-refractivity contribution in [2.45, 2.75) is 25.6 Å². The predicted octanol–water partition coefficient (Wildman–Crippen LogP) is -0.463. The number of hydrogen-bond donors (Lipinski definition) is 2. The Morgan fingerprint density at radius 2 is 2.15 bits per heavy atom. The van der Waals surface area contributed by atoms with Gasteiger partial charge in [0.05, 0.1) is 24.7 Å². The van der Waals surface area contributed by atoms with Crippen molar-refractivity contribution >= 4 is 5.97 Å². The Labute approximate surface area is 76.5 Å². The molecule has 0 bridgehead atoms. The van der Waals surface area contributed by atoms with Crippen LogP contribution in [0.5, 0.6) is 0 Å². The lowest BCUT2D eigenvalue weighted by molar-refractivity contribution is -0.164. The Kier molecular flexibility index (Phi) is 2.04. The average Bonchev–Trinajstić information content (AvgIpc) is 2.38. The van der Waals surface area contributed by atoms with Crippen molar-refractivity contribution in [1.82, 2.24) is 0 Å². The van der Waals surface area contributed by atoms with E-state index in [2.05, 4.69) is 0 Å². The minimum absolute atomic E-state index is 0.0891. The fourth-order valence-corrected chi connectivity index (χ4v) is 2.39. The first kappa shape index (κ1) is 8.97. The van der Waals surface area contributed by atoms with E-state index in [1.54, 1.807) is 0 Å². The molecule has 0 aromatic rings. The molecular formula is C9H14O4. The van der Waals surface area contributed by atoms with E-state index in [1.165, 1.54) is 0 Å². The van der Waals surface area contributed by atoms with Crippen LogP contribution in [0.25, 0.3) is 0 Å². The molecule has 0 aromatic carbocycles. The smallest absolute Gasteiger partial charge is 0.311 e. The lowest BCUT2D eigenvalue weighted by Crippen LogP contribution is -2.40. The summed E-state index contributed by atoms with van der Waals surface area (Å²) < 4.78 is 4.91. The molecule has 5 atom stereocenters. The number of fused-ring (bicyclic) bond motifs is 1. The Balaban J connectivity index is 2.22. The van der Waals surface area contributed by atoms with Gasteiger partial charge < -0.3 is 14.9 Å². The molecule has 0 radical (unpaired) electrons. The molecule has 2 rings (SSSR count). The van der Waals surface area contributed by atoms with E-state index in [0.29, 0.717) is 13.0 Å². The van der Waals surface area contributed by atoms with Crippen LogP contribution in [0.3, 0.4) is 0 Å². The third-order valence-corrected chi connectivity index (χ3v) is 3.23. The molecule has 74 valence electrons. The van der Waals surface area contributed by atoms with E-state index in [-0.39, 0.29) is 17.8 Å². The highest BCUT2D eigenvalue weighted by atomic mass is 16.5. The largest absolute Gasteiger partial charge is 0.465 e. The fourth-order valence-electron chi connectivity index (χ4n) is 2.39. The maximum atomic E-state index is 11.3. The minimum atomic E-state index is -0.930. The fraction of sp³-hybridized carbons (Fsp3) is 0.889. The van der Waals surface area contributed by atoms with E-state index < -0.39 is 18.1 Å². The number of cyclic esters (lactones) is 1. The second-order valence-electron chi connectivity index (χ2n) is 4.09.